The van der Waals surface area contributed by atoms with Crippen LogP contribution in [0.5, 0.6) is 0 Å². The number of unbranched alkanes of at least 4 members (excludes halogenated alkanes) is 4. The molecule has 2 rings (SSSR count). The summed E-state index contributed by atoms with van der Waals surface area (Å²) in [6.45, 7) is 5.64. The fourth-order valence-corrected chi connectivity index (χ4v) is 3.03. The van der Waals surface area contributed by atoms with Crippen molar-refractivity contribution in [3.8, 4) is 0 Å². The predicted octanol–water partition coefficient (Wildman–Crippen LogP) is 4.34. The van der Waals surface area contributed by atoms with E-state index in [0.29, 0.717) is 6.61 Å². The normalized spacial score (nSPS) is 14.5. The largest absolute Gasteiger partial charge is 0.396 e. The summed E-state index contributed by atoms with van der Waals surface area (Å²) in [7, 11) is 0. The molecule has 1 aliphatic heterocycles. The molecule has 0 spiro atoms. The van der Waals surface area contributed by atoms with Gasteiger partial charge in [-0.15, -0.1) is 0 Å². The predicted molar refractivity (Wildman–Crippen MR) is 93.3 cm³/mol. The molecular weight excluding hydrogens is 272 g/mol. The molecule has 0 aromatic carbocycles. The van der Waals surface area contributed by atoms with Crippen molar-refractivity contribution < 1.29 is 5.11 Å². The van der Waals surface area contributed by atoms with E-state index in [1.807, 2.05) is 0 Å². The monoisotopic (exact) mass is 304 g/mol. The van der Waals surface area contributed by atoms with Crippen LogP contribution in [0.15, 0.2) is 12.1 Å². The van der Waals surface area contributed by atoms with Crippen LogP contribution >= 0.6 is 0 Å². The number of anilines is 1. The van der Waals surface area contributed by atoms with Crippen molar-refractivity contribution in [2.45, 2.75) is 71.6 Å². The van der Waals surface area contributed by atoms with E-state index in [0.717, 1.165) is 25.2 Å². The highest BCUT2D eigenvalue weighted by molar-refractivity contribution is 5.46. The Hall–Kier alpha value is -1.09. The molecule has 0 unspecified atom stereocenters. The van der Waals surface area contributed by atoms with Gasteiger partial charge in [-0.1, -0.05) is 45.6 Å². The minimum Gasteiger partial charge on any atom is -0.396 e. The van der Waals surface area contributed by atoms with Crippen LogP contribution in [0.2, 0.25) is 0 Å². The number of nitrogens with one attached hydrogen (secondary N) is 1. The number of aliphatic hydroxyl groups is 1. The van der Waals surface area contributed by atoms with Gasteiger partial charge in [0.1, 0.15) is 5.82 Å². The number of aryl methyl sites for hydroxylation is 2. The van der Waals surface area contributed by atoms with E-state index in [1.165, 1.54) is 56.2 Å². The Bertz CT molecular complexity index is 457. The van der Waals surface area contributed by atoms with Gasteiger partial charge in [0.15, 0.2) is 0 Å². The molecule has 0 fully saturated rings. The summed E-state index contributed by atoms with van der Waals surface area (Å²) in [5.41, 5.74) is 2.70. The lowest BCUT2D eigenvalue weighted by molar-refractivity contribution is 0.147. The maximum Gasteiger partial charge on any atom is 0.129 e. The molecule has 0 saturated heterocycles. The summed E-state index contributed by atoms with van der Waals surface area (Å²) in [5.74, 6) is 1.12. The first-order valence-electron chi connectivity index (χ1n) is 8.94. The second kappa shape index (κ2) is 8.52. The van der Waals surface area contributed by atoms with Crippen LogP contribution in [0.1, 0.15) is 70.1 Å². The Morgan fingerprint density at radius 2 is 1.91 bits per heavy atom. The molecule has 2 N–H and O–H groups in total. The van der Waals surface area contributed by atoms with Gasteiger partial charge in [0.05, 0.1) is 0 Å². The quantitative estimate of drug-likeness (QED) is 0.667. The van der Waals surface area contributed by atoms with Crippen molar-refractivity contribution in [3.05, 3.63) is 23.4 Å². The summed E-state index contributed by atoms with van der Waals surface area (Å²) in [6.07, 6.45) is 10.9. The maximum absolute atomic E-state index is 9.23. The number of fused-ring (bicyclic) bond motifs is 1. The minimum absolute atomic E-state index is 0.0973. The van der Waals surface area contributed by atoms with Crippen LogP contribution in [-0.2, 0) is 12.8 Å². The minimum atomic E-state index is 0.0973. The molecule has 0 bridgehead atoms. The highest BCUT2D eigenvalue weighted by atomic mass is 16.3. The summed E-state index contributed by atoms with van der Waals surface area (Å²) in [4.78, 5) is 4.75. The first-order valence-corrected chi connectivity index (χ1v) is 8.94. The fourth-order valence-electron chi connectivity index (χ4n) is 3.03. The van der Waals surface area contributed by atoms with Gasteiger partial charge in [0, 0.05) is 18.8 Å². The van der Waals surface area contributed by atoms with Crippen LogP contribution in [-0.4, -0.2) is 23.2 Å². The number of hydrogen-bond acceptors (Lipinski definition) is 3. The molecule has 0 atom stereocenters. The standard InChI is InChI=1S/C19H32N2O/c1-19(2,15-22)13-7-5-3-4-6-10-17-12-11-16-9-8-14-20-18(16)21-17/h11-12,22H,3-10,13-15H2,1-2H3,(H,20,21). The highest BCUT2D eigenvalue weighted by Crippen LogP contribution is 2.23. The zero-order chi connectivity index (χ0) is 15.8. The average molecular weight is 304 g/mol. The number of pyridine rings is 1. The molecule has 0 radical (unpaired) electrons. The van der Waals surface area contributed by atoms with E-state index >= 15 is 0 Å². The van der Waals surface area contributed by atoms with Crippen molar-refractivity contribution in [1.29, 1.82) is 0 Å². The van der Waals surface area contributed by atoms with Crippen molar-refractivity contribution in [1.82, 2.24) is 4.98 Å². The molecular formula is C19H32N2O. The summed E-state index contributed by atoms with van der Waals surface area (Å²) in [6, 6.07) is 4.45. The number of nitrogens with zero attached hydrogens (tertiary/aromatic N) is 1. The second-order valence-corrected chi connectivity index (χ2v) is 7.43. The van der Waals surface area contributed by atoms with Gasteiger partial charge in [-0.25, -0.2) is 4.98 Å². The van der Waals surface area contributed by atoms with Gasteiger partial charge in [-0.3, -0.25) is 0 Å². The van der Waals surface area contributed by atoms with Gasteiger partial charge in [0.25, 0.3) is 0 Å². The molecule has 3 nitrogen and oxygen atoms in total. The molecule has 1 aliphatic rings. The van der Waals surface area contributed by atoms with Crippen LogP contribution in [0, 0.1) is 5.41 Å². The van der Waals surface area contributed by atoms with E-state index in [1.54, 1.807) is 0 Å². The number of aliphatic hydroxyl groups excluding tert-OH is 1. The van der Waals surface area contributed by atoms with Gasteiger partial charge >= 0.3 is 0 Å². The Morgan fingerprint density at radius 3 is 2.73 bits per heavy atom. The van der Waals surface area contributed by atoms with E-state index < -0.39 is 0 Å². The molecule has 0 amide bonds. The molecule has 22 heavy (non-hydrogen) atoms. The third kappa shape index (κ3) is 5.60. The first-order chi connectivity index (χ1) is 10.6. The molecule has 3 heteroatoms. The lowest BCUT2D eigenvalue weighted by Gasteiger charge is -2.20. The van der Waals surface area contributed by atoms with Crippen LogP contribution in [0.3, 0.4) is 0 Å². The number of aromatic nitrogens is 1. The molecule has 0 saturated carbocycles. The number of hydrogen-bond donors (Lipinski definition) is 2. The topological polar surface area (TPSA) is 45.2 Å². The smallest absolute Gasteiger partial charge is 0.129 e. The summed E-state index contributed by atoms with van der Waals surface area (Å²) >= 11 is 0. The Kier molecular flexibility index (Phi) is 6.69. The zero-order valence-electron chi connectivity index (χ0n) is 14.3. The lowest BCUT2D eigenvalue weighted by Crippen LogP contribution is -2.16. The maximum atomic E-state index is 9.23. The lowest BCUT2D eigenvalue weighted by atomic mass is 9.88. The fraction of sp³-hybridized carbons (Fsp3) is 0.737. The van der Waals surface area contributed by atoms with Crippen molar-refractivity contribution in [2.24, 2.45) is 5.41 Å². The first kappa shape index (κ1) is 17.3. The second-order valence-electron chi connectivity index (χ2n) is 7.43. The van der Waals surface area contributed by atoms with Gasteiger partial charge < -0.3 is 10.4 Å². The average Bonchev–Trinajstić information content (AvgIpc) is 2.54. The summed E-state index contributed by atoms with van der Waals surface area (Å²) < 4.78 is 0. The summed E-state index contributed by atoms with van der Waals surface area (Å²) in [5, 5.41) is 12.6. The van der Waals surface area contributed by atoms with E-state index in [2.05, 4.69) is 31.3 Å². The Morgan fingerprint density at radius 1 is 1.14 bits per heavy atom. The molecule has 0 aliphatic carbocycles. The van der Waals surface area contributed by atoms with Crippen molar-refractivity contribution >= 4 is 5.82 Å². The van der Waals surface area contributed by atoms with Gasteiger partial charge in [0.2, 0.25) is 0 Å². The van der Waals surface area contributed by atoms with Gasteiger partial charge in [-0.05, 0) is 49.1 Å². The van der Waals surface area contributed by atoms with Crippen molar-refractivity contribution in [3.63, 3.8) is 0 Å². The molecule has 1 aromatic rings. The van der Waals surface area contributed by atoms with Crippen molar-refractivity contribution in [2.75, 3.05) is 18.5 Å². The van der Waals surface area contributed by atoms with E-state index in [4.69, 9.17) is 4.98 Å². The third-order valence-corrected chi connectivity index (χ3v) is 4.67. The third-order valence-electron chi connectivity index (χ3n) is 4.67. The zero-order valence-corrected chi connectivity index (χ0v) is 14.3. The molecule has 124 valence electrons. The van der Waals surface area contributed by atoms with Crippen LogP contribution < -0.4 is 5.32 Å². The van der Waals surface area contributed by atoms with E-state index in [9.17, 15) is 5.11 Å². The van der Waals surface area contributed by atoms with E-state index in [-0.39, 0.29) is 5.41 Å². The number of rotatable bonds is 9. The molecule has 2 heterocycles. The Labute approximate surface area is 135 Å². The van der Waals surface area contributed by atoms with Crippen LogP contribution in [0.25, 0.3) is 0 Å². The SMILES string of the molecule is CC(C)(CO)CCCCCCCc1ccc2c(n1)NCCC2. The highest BCUT2D eigenvalue weighted by Gasteiger charge is 2.15. The van der Waals surface area contributed by atoms with Gasteiger partial charge in [-0.2, -0.15) is 0 Å². The van der Waals surface area contributed by atoms with Crippen LogP contribution in [0.4, 0.5) is 5.82 Å². The molecule has 1 aromatic heterocycles. The Balaban J connectivity index is 1.59.